The molecule has 1 amide bonds. The van der Waals surface area contributed by atoms with Crippen molar-refractivity contribution in [3.63, 3.8) is 0 Å². The Morgan fingerprint density at radius 2 is 2.11 bits per heavy atom. The number of hydrogen-bond donors (Lipinski definition) is 2. The summed E-state index contributed by atoms with van der Waals surface area (Å²) in [5.74, 6) is -0.0229. The molecule has 2 aromatic rings. The summed E-state index contributed by atoms with van der Waals surface area (Å²) < 4.78 is 0.947. The van der Waals surface area contributed by atoms with Crippen LogP contribution in [0.3, 0.4) is 0 Å². The van der Waals surface area contributed by atoms with Crippen LogP contribution < -0.4 is 11.1 Å². The molecule has 0 spiro atoms. The zero-order valence-electron chi connectivity index (χ0n) is 9.86. The number of benzene rings is 1. The van der Waals surface area contributed by atoms with Crippen LogP contribution in [0.15, 0.2) is 40.9 Å². The minimum Gasteiger partial charge on any atom is -0.384 e. The maximum absolute atomic E-state index is 12.0. The molecule has 0 radical (unpaired) electrons. The highest BCUT2D eigenvalue weighted by molar-refractivity contribution is 9.10. The number of carbonyl (C=O) groups is 1. The van der Waals surface area contributed by atoms with Gasteiger partial charge in [-0.1, -0.05) is 45.7 Å². The molecule has 0 atom stereocenters. The SMILES string of the molecule is Nc1cc(C(=O)NCc2ccccc2Br)cc(Cl)n1. The van der Waals surface area contributed by atoms with Gasteiger partial charge < -0.3 is 11.1 Å². The number of aromatic nitrogens is 1. The fourth-order valence-corrected chi connectivity index (χ4v) is 2.21. The van der Waals surface area contributed by atoms with Crippen molar-refractivity contribution in [3.05, 3.63) is 57.2 Å². The monoisotopic (exact) mass is 339 g/mol. The molecule has 1 aromatic carbocycles. The van der Waals surface area contributed by atoms with Crippen LogP contribution in [0.25, 0.3) is 0 Å². The van der Waals surface area contributed by atoms with E-state index in [2.05, 4.69) is 26.2 Å². The highest BCUT2D eigenvalue weighted by Gasteiger charge is 2.08. The third kappa shape index (κ3) is 3.68. The molecule has 1 aromatic heterocycles. The largest absolute Gasteiger partial charge is 0.384 e. The molecule has 0 bridgehead atoms. The number of nitrogens with one attached hydrogen (secondary N) is 1. The van der Waals surface area contributed by atoms with E-state index in [1.54, 1.807) is 0 Å². The van der Waals surface area contributed by atoms with Crippen molar-refractivity contribution in [2.24, 2.45) is 0 Å². The molecule has 0 unspecified atom stereocenters. The van der Waals surface area contributed by atoms with Gasteiger partial charge >= 0.3 is 0 Å². The fraction of sp³-hybridized carbons (Fsp3) is 0.0769. The molecule has 0 saturated heterocycles. The Morgan fingerprint density at radius 1 is 1.37 bits per heavy atom. The van der Waals surface area contributed by atoms with Crippen molar-refractivity contribution >= 4 is 39.3 Å². The molecular weight excluding hydrogens is 330 g/mol. The third-order valence-electron chi connectivity index (χ3n) is 2.47. The first-order valence-corrected chi connectivity index (χ1v) is 6.68. The van der Waals surface area contributed by atoms with Crippen LogP contribution in [0.1, 0.15) is 15.9 Å². The van der Waals surface area contributed by atoms with E-state index in [0.29, 0.717) is 12.1 Å². The fourth-order valence-electron chi connectivity index (χ4n) is 1.57. The highest BCUT2D eigenvalue weighted by atomic mass is 79.9. The molecule has 98 valence electrons. The first-order chi connectivity index (χ1) is 9.06. The lowest BCUT2D eigenvalue weighted by Crippen LogP contribution is -2.23. The summed E-state index contributed by atoms with van der Waals surface area (Å²) >= 11 is 9.18. The Balaban J connectivity index is 2.08. The predicted octanol–water partition coefficient (Wildman–Crippen LogP) is 3.01. The van der Waals surface area contributed by atoms with Crippen LogP contribution in [0.2, 0.25) is 5.15 Å². The Morgan fingerprint density at radius 3 is 2.79 bits per heavy atom. The first-order valence-electron chi connectivity index (χ1n) is 5.51. The summed E-state index contributed by atoms with van der Waals surface area (Å²) in [4.78, 5) is 15.8. The van der Waals surface area contributed by atoms with Crippen molar-refractivity contribution in [1.29, 1.82) is 0 Å². The third-order valence-corrected chi connectivity index (χ3v) is 3.44. The molecular formula is C13H11BrClN3O. The highest BCUT2D eigenvalue weighted by Crippen LogP contribution is 2.16. The van der Waals surface area contributed by atoms with E-state index in [1.165, 1.54) is 12.1 Å². The smallest absolute Gasteiger partial charge is 0.251 e. The van der Waals surface area contributed by atoms with E-state index in [9.17, 15) is 4.79 Å². The van der Waals surface area contributed by atoms with Gasteiger partial charge in [-0.05, 0) is 23.8 Å². The van der Waals surface area contributed by atoms with E-state index in [1.807, 2.05) is 24.3 Å². The number of nitrogen functional groups attached to an aromatic ring is 1. The minimum atomic E-state index is -0.244. The van der Waals surface area contributed by atoms with Crippen molar-refractivity contribution < 1.29 is 4.79 Å². The van der Waals surface area contributed by atoms with Crippen LogP contribution in [0.4, 0.5) is 5.82 Å². The minimum absolute atomic E-state index is 0.200. The maximum atomic E-state index is 12.0. The maximum Gasteiger partial charge on any atom is 0.251 e. The summed E-state index contributed by atoms with van der Waals surface area (Å²) in [6.07, 6.45) is 0. The van der Waals surface area contributed by atoms with Gasteiger partial charge in [-0.2, -0.15) is 0 Å². The molecule has 0 aliphatic carbocycles. The van der Waals surface area contributed by atoms with Crippen LogP contribution in [0.5, 0.6) is 0 Å². The number of anilines is 1. The molecule has 0 aliphatic rings. The predicted molar refractivity (Wildman–Crippen MR) is 79.0 cm³/mol. The average molecular weight is 341 g/mol. The summed E-state index contributed by atoms with van der Waals surface area (Å²) in [5, 5.41) is 3.00. The van der Waals surface area contributed by atoms with Gasteiger partial charge in [-0.3, -0.25) is 4.79 Å². The molecule has 2 rings (SSSR count). The van der Waals surface area contributed by atoms with Crippen LogP contribution in [-0.4, -0.2) is 10.9 Å². The quantitative estimate of drug-likeness (QED) is 0.844. The number of hydrogen-bond acceptors (Lipinski definition) is 3. The Labute approximate surface area is 124 Å². The number of pyridine rings is 1. The Kier molecular flexibility index (Phi) is 4.39. The standard InChI is InChI=1S/C13H11BrClN3O/c14-10-4-2-1-3-8(10)7-17-13(19)9-5-11(15)18-12(16)6-9/h1-6H,7H2,(H2,16,18)(H,17,19). The number of nitrogens with zero attached hydrogens (tertiary/aromatic N) is 1. The van der Waals surface area contributed by atoms with Crippen molar-refractivity contribution in [1.82, 2.24) is 10.3 Å². The van der Waals surface area contributed by atoms with Crippen LogP contribution in [-0.2, 0) is 6.54 Å². The van der Waals surface area contributed by atoms with Gasteiger partial charge in [-0.25, -0.2) is 4.98 Å². The summed E-state index contributed by atoms with van der Waals surface area (Å²) in [5.41, 5.74) is 6.93. The number of nitrogens with two attached hydrogens (primary N) is 1. The second-order valence-corrected chi connectivity index (χ2v) is 5.12. The molecule has 3 N–H and O–H groups in total. The van der Waals surface area contributed by atoms with Gasteiger partial charge in [0, 0.05) is 16.6 Å². The molecule has 1 heterocycles. The van der Waals surface area contributed by atoms with E-state index in [-0.39, 0.29) is 16.9 Å². The lowest BCUT2D eigenvalue weighted by atomic mass is 10.2. The molecule has 0 fully saturated rings. The van der Waals surface area contributed by atoms with E-state index in [4.69, 9.17) is 17.3 Å². The van der Waals surface area contributed by atoms with Crippen molar-refractivity contribution in [2.75, 3.05) is 5.73 Å². The molecule has 19 heavy (non-hydrogen) atoms. The lowest BCUT2D eigenvalue weighted by Gasteiger charge is -2.07. The van der Waals surface area contributed by atoms with E-state index in [0.717, 1.165) is 10.0 Å². The van der Waals surface area contributed by atoms with Crippen molar-refractivity contribution in [3.8, 4) is 0 Å². The first kappa shape index (κ1) is 13.8. The van der Waals surface area contributed by atoms with E-state index < -0.39 is 0 Å². The van der Waals surface area contributed by atoms with Gasteiger partial charge in [0.1, 0.15) is 11.0 Å². The van der Waals surface area contributed by atoms with Gasteiger partial charge in [0.05, 0.1) is 0 Å². The topological polar surface area (TPSA) is 68.0 Å². The van der Waals surface area contributed by atoms with E-state index >= 15 is 0 Å². The number of carbonyl (C=O) groups excluding carboxylic acids is 1. The number of rotatable bonds is 3. The summed E-state index contributed by atoms with van der Waals surface area (Å²) in [6.45, 7) is 0.417. The molecule has 4 nitrogen and oxygen atoms in total. The van der Waals surface area contributed by atoms with Gasteiger partial charge in [0.15, 0.2) is 0 Å². The zero-order valence-corrected chi connectivity index (χ0v) is 12.2. The van der Waals surface area contributed by atoms with Crippen LogP contribution >= 0.6 is 27.5 Å². The molecule has 6 heteroatoms. The summed E-state index contributed by atoms with van der Waals surface area (Å²) in [7, 11) is 0. The van der Waals surface area contributed by atoms with Crippen LogP contribution in [0, 0.1) is 0 Å². The Bertz CT molecular complexity index is 598. The number of halogens is 2. The van der Waals surface area contributed by atoms with Gasteiger partial charge in [-0.15, -0.1) is 0 Å². The molecule has 0 aliphatic heterocycles. The molecule has 0 saturated carbocycles. The van der Waals surface area contributed by atoms with Gasteiger partial charge in [0.25, 0.3) is 5.91 Å². The lowest BCUT2D eigenvalue weighted by molar-refractivity contribution is 0.0951. The van der Waals surface area contributed by atoms with Gasteiger partial charge in [0.2, 0.25) is 0 Å². The Hall–Kier alpha value is -1.59. The number of amides is 1. The average Bonchev–Trinajstić information content (AvgIpc) is 2.36. The zero-order chi connectivity index (χ0) is 13.8. The summed E-state index contributed by atoms with van der Waals surface area (Å²) in [6, 6.07) is 10.6. The van der Waals surface area contributed by atoms with Crippen molar-refractivity contribution in [2.45, 2.75) is 6.54 Å². The second kappa shape index (κ2) is 6.04. The second-order valence-electron chi connectivity index (χ2n) is 3.88. The normalized spacial score (nSPS) is 10.2.